The van der Waals surface area contributed by atoms with Gasteiger partial charge >= 0.3 is 0 Å². The van der Waals surface area contributed by atoms with E-state index in [2.05, 4.69) is 77.7 Å². The van der Waals surface area contributed by atoms with Crippen molar-refractivity contribution < 1.29 is 0 Å². The maximum Gasteiger partial charge on any atom is 0.0992 e. The minimum absolute atomic E-state index is 0.353. The summed E-state index contributed by atoms with van der Waals surface area (Å²) in [6, 6.07) is 30.0. The lowest BCUT2D eigenvalue weighted by Crippen LogP contribution is -2.50. The van der Waals surface area contributed by atoms with Crippen LogP contribution in [-0.4, -0.2) is 18.0 Å². The molecule has 2 N–H and O–H groups in total. The van der Waals surface area contributed by atoms with Gasteiger partial charge in [0.15, 0.2) is 0 Å². The molecule has 0 unspecified atom stereocenters. The normalized spacial score (nSPS) is 15.7. The molecule has 4 rings (SSSR count). The maximum atomic E-state index is 6.56. The van der Waals surface area contributed by atoms with Gasteiger partial charge in [-0.05, 0) is 43.1 Å². The Bertz CT molecular complexity index is 797. The van der Waals surface area contributed by atoms with Crippen LogP contribution in [0.25, 0.3) is 0 Å². The molecule has 0 saturated carbocycles. The lowest BCUT2D eigenvalue weighted by atomic mass is 9.74. The highest BCUT2D eigenvalue weighted by Crippen LogP contribution is 2.45. The SMILES string of the molecule is Nc1ccccc1C(c1ccccc1)(c1ccccc1)N1CCCCC1. The zero-order valence-electron chi connectivity index (χ0n) is 15.1. The summed E-state index contributed by atoms with van der Waals surface area (Å²) < 4.78 is 0. The van der Waals surface area contributed by atoms with Gasteiger partial charge in [0.1, 0.15) is 0 Å². The summed E-state index contributed by atoms with van der Waals surface area (Å²) in [7, 11) is 0. The Balaban J connectivity index is 2.05. The summed E-state index contributed by atoms with van der Waals surface area (Å²) in [4.78, 5) is 2.63. The van der Waals surface area contributed by atoms with Gasteiger partial charge in [-0.2, -0.15) is 0 Å². The minimum atomic E-state index is -0.353. The quantitative estimate of drug-likeness (QED) is 0.531. The Hall–Kier alpha value is -2.58. The van der Waals surface area contributed by atoms with E-state index in [-0.39, 0.29) is 5.54 Å². The fourth-order valence-electron chi connectivity index (χ4n) is 4.43. The third-order valence-electron chi connectivity index (χ3n) is 5.56. The van der Waals surface area contributed by atoms with Gasteiger partial charge in [-0.15, -0.1) is 0 Å². The molecule has 132 valence electrons. The molecule has 0 aromatic heterocycles. The molecule has 1 aliphatic rings. The van der Waals surface area contributed by atoms with Crippen molar-refractivity contribution in [3.63, 3.8) is 0 Å². The van der Waals surface area contributed by atoms with Gasteiger partial charge in [-0.1, -0.05) is 85.3 Å². The van der Waals surface area contributed by atoms with E-state index in [1.54, 1.807) is 0 Å². The van der Waals surface area contributed by atoms with Gasteiger partial charge in [0, 0.05) is 11.3 Å². The standard InChI is InChI=1S/C24H26N2/c25-23-17-9-8-16-22(23)24(20-12-4-1-5-13-20,21-14-6-2-7-15-21)26-18-10-3-11-19-26/h1-2,4-9,12-17H,3,10-11,18-19,25H2. The van der Waals surface area contributed by atoms with Crippen molar-refractivity contribution in [2.75, 3.05) is 18.8 Å². The van der Waals surface area contributed by atoms with E-state index in [4.69, 9.17) is 5.73 Å². The molecule has 3 aromatic rings. The molecule has 1 fully saturated rings. The first-order valence-electron chi connectivity index (χ1n) is 9.54. The third kappa shape index (κ3) is 2.81. The zero-order valence-corrected chi connectivity index (χ0v) is 15.1. The van der Waals surface area contributed by atoms with E-state index in [1.807, 2.05) is 12.1 Å². The summed E-state index contributed by atoms with van der Waals surface area (Å²) >= 11 is 0. The summed E-state index contributed by atoms with van der Waals surface area (Å²) in [6.45, 7) is 2.16. The van der Waals surface area contributed by atoms with Crippen molar-refractivity contribution >= 4 is 5.69 Å². The van der Waals surface area contributed by atoms with Crippen molar-refractivity contribution in [3.05, 3.63) is 102 Å². The van der Waals surface area contributed by atoms with Crippen molar-refractivity contribution in [1.29, 1.82) is 0 Å². The summed E-state index contributed by atoms with van der Waals surface area (Å²) in [6.07, 6.45) is 3.77. The van der Waals surface area contributed by atoms with E-state index < -0.39 is 0 Å². The molecule has 2 heteroatoms. The fourth-order valence-corrected chi connectivity index (χ4v) is 4.43. The van der Waals surface area contributed by atoms with Gasteiger partial charge in [-0.25, -0.2) is 0 Å². The van der Waals surface area contributed by atoms with E-state index in [0.717, 1.165) is 18.8 Å². The summed E-state index contributed by atoms with van der Waals surface area (Å²) in [5.41, 5.74) is 10.8. The van der Waals surface area contributed by atoms with Crippen LogP contribution >= 0.6 is 0 Å². The summed E-state index contributed by atoms with van der Waals surface area (Å²) in [5, 5.41) is 0. The molecule has 0 bridgehead atoms. The Kier molecular flexibility index (Phi) is 4.77. The molecule has 26 heavy (non-hydrogen) atoms. The predicted molar refractivity (Wildman–Crippen MR) is 109 cm³/mol. The highest BCUT2D eigenvalue weighted by molar-refractivity contribution is 5.60. The third-order valence-corrected chi connectivity index (χ3v) is 5.56. The van der Waals surface area contributed by atoms with Crippen LogP contribution in [0, 0.1) is 0 Å². The molecule has 1 heterocycles. The molecular formula is C24H26N2. The molecule has 1 aliphatic heterocycles. The molecule has 0 radical (unpaired) electrons. The molecular weight excluding hydrogens is 316 g/mol. The number of benzene rings is 3. The molecule has 2 nitrogen and oxygen atoms in total. The molecule has 0 amide bonds. The van der Waals surface area contributed by atoms with Crippen LogP contribution < -0.4 is 5.73 Å². The number of nitrogens with zero attached hydrogens (tertiary/aromatic N) is 1. The van der Waals surface area contributed by atoms with Crippen molar-refractivity contribution in [3.8, 4) is 0 Å². The first-order chi connectivity index (χ1) is 12.8. The van der Waals surface area contributed by atoms with Crippen LogP contribution in [-0.2, 0) is 5.54 Å². The number of likely N-dealkylation sites (tertiary alicyclic amines) is 1. The molecule has 3 aromatic carbocycles. The highest BCUT2D eigenvalue weighted by Gasteiger charge is 2.43. The Morgan fingerprint density at radius 2 is 1.12 bits per heavy atom. The Labute approximate surface area is 156 Å². The van der Waals surface area contributed by atoms with Crippen LogP contribution in [0.2, 0.25) is 0 Å². The second kappa shape index (κ2) is 7.35. The topological polar surface area (TPSA) is 29.3 Å². The van der Waals surface area contributed by atoms with E-state index in [0.29, 0.717) is 0 Å². The average molecular weight is 342 g/mol. The number of hydrogen-bond donors (Lipinski definition) is 1. The number of piperidine rings is 1. The van der Waals surface area contributed by atoms with Crippen LogP contribution in [0.4, 0.5) is 5.69 Å². The number of anilines is 1. The number of rotatable bonds is 4. The van der Waals surface area contributed by atoms with Gasteiger partial charge in [-0.3, -0.25) is 4.90 Å². The van der Waals surface area contributed by atoms with Crippen LogP contribution in [0.5, 0.6) is 0 Å². The van der Waals surface area contributed by atoms with E-state index in [1.165, 1.54) is 36.0 Å². The first kappa shape index (κ1) is 16.9. The number of para-hydroxylation sites is 1. The van der Waals surface area contributed by atoms with E-state index in [9.17, 15) is 0 Å². The van der Waals surface area contributed by atoms with Gasteiger partial charge in [0.05, 0.1) is 5.54 Å². The fraction of sp³-hybridized carbons (Fsp3) is 0.250. The molecule has 0 atom stereocenters. The maximum absolute atomic E-state index is 6.56. The van der Waals surface area contributed by atoms with Crippen molar-refractivity contribution in [1.82, 2.24) is 4.90 Å². The molecule has 0 spiro atoms. The number of nitrogen functional groups attached to an aromatic ring is 1. The lowest BCUT2D eigenvalue weighted by molar-refractivity contribution is 0.128. The predicted octanol–water partition coefficient (Wildman–Crippen LogP) is 5.05. The summed E-state index contributed by atoms with van der Waals surface area (Å²) in [5.74, 6) is 0. The number of nitrogens with two attached hydrogens (primary N) is 1. The average Bonchev–Trinajstić information content (AvgIpc) is 2.72. The largest absolute Gasteiger partial charge is 0.398 e. The van der Waals surface area contributed by atoms with Crippen LogP contribution in [0.1, 0.15) is 36.0 Å². The Morgan fingerprint density at radius 3 is 1.65 bits per heavy atom. The van der Waals surface area contributed by atoms with Crippen LogP contribution in [0.15, 0.2) is 84.9 Å². The zero-order chi connectivity index (χ0) is 17.8. The monoisotopic (exact) mass is 342 g/mol. The number of hydrogen-bond acceptors (Lipinski definition) is 2. The minimum Gasteiger partial charge on any atom is -0.398 e. The Morgan fingerprint density at radius 1 is 0.615 bits per heavy atom. The van der Waals surface area contributed by atoms with Gasteiger partial charge < -0.3 is 5.73 Å². The van der Waals surface area contributed by atoms with Crippen molar-refractivity contribution in [2.45, 2.75) is 24.8 Å². The van der Waals surface area contributed by atoms with Gasteiger partial charge in [0.25, 0.3) is 0 Å². The van der Waals surface area contributed by atoms with Crippen molar-refractivity contribution in [2.24, 2.45) is 0 Å². The smallest absolute Gasteiger partial charge is 0.0992 e. The second-order valence-electron chi connectivity index (χ2n) is 7.08. The van der Waals surface area contributed by atoms with E-state index >= 15 is 0 Å². The molecule has 1 saturated heterocycles. The highest BCUT2D eigenvalue weighted by atomic mass is 15.2. The lowest BCUT2D eigenvalue weighted by Gasteiger charge is -2.47. The first-order valence-corrected chi connectivity index (χ1v) is 9.54. The van der Waals surface area contributed by atoms with Gasteiger partial charge in [0.2, 0.25) is 0 Å². The second-order valence-corrected chi connectivity index (χ2v) is 7.08. The van der Waals surface area contributed by atoms with Crippen LogP contribution in [0.3, 0.4) is 0 Å². The molecule has 0 aliphatic carbocycles.